The second-order valence-electron chi connectivity index (χ2n) is 4.22. The van der Waals surface area contributed by atoms with E-state index in [-0.39, 0.29) is 17.6 Å². The molecule has 90 valence electrons. The van der Waals surface area contributed by atoms with E-state index in [9.17, 15) is 8.42 Å². The Morgan fingerprint density at radius 3 is 2.75 bits per heavy atom. The zero-order chi connectivity index (χ0) is 11.4. The number of sulfonamides is 1. The molecule has 1 aromatic rings. The molecule has 1 aliphatic carbocycles. The minimum absolute atomic E-state index is 0.188. The van der Waals surface area contributed by atoms with Gasteiger partial charge in [-0.1, -0.05) is 19.3 Å². The summed E-state index contributed by atoms with van der Waals surface area (Å²) in [5, 5.41) is 6.07. The van der Waals surface area contributed by atoms with E-state index in [1.807, 2.05) is 0 Å². The first-order valence-corrected chi connectivity index (χ1v) is 7.17. The second kappa shape index (κ2) is 4.82. The van der Waals surface area contributed by atoms with Crippen LogP contribution < -0.4 is 4.72 Å². The lowest BCUT2D eigenvalue weighted by molar-refractivity contribution is 0.385. The van der Waals surface area contributed by atoms with Gasteiger partial charge in [-0.25, -0.2) is 13.5 Å². The van der Waals surface area contributed by atoms with Crippen LogP contribution >= 0.6 is 0 Å². The number of nitrogens with one attached hydrogen (secondary N) is 2. The Labute approximate surface area is 94.9 Å². The molecule has 0 radical (unpaired) electrons. The molecule has 0 atom stereocenters. The smallest absolute Gasteiger partial charge is 0.235 e. The number of anilines is 1. The van der Waals surface area contributed by atoms with E-state index in [4.69, 9.17) is 0 Å². The fraction of sp³-hybridized carbons (Fsp3) is 0.778. The Kier molecular flexibility index (Phi) is 3.42. The van der Waals surface area contributed by atoms with Crippen molar-refractivity contribution in [1.29, 1.82) is 0 Å². The SMILES string of the molecule is O=S(=O)(CC1CCCCC1)Nc1ncn[nH]1. The molecule has 16 heavy (non-hydrogen) atoms. The van der Waals surface area contributed by atoms with E-state index in [1.54, 1.807) is 0 Å². The molecule has 0 saturated heterocycles. The topological polar surface area (TPSA) is 87.7 Å². The molecule has 2 N–H and O–H groups in total. The van der Waals surface area contributed by atoms with Gasteiger partial charge in [-0.05, 0) is 18.8 Å². The molecule has 0 bridgehead atoms. The first kappa shape index (κ1) is 11.4. The van der Waals surface area contributed by atoms with Gasteiger partial charge in [0.1, 0.15) is 6.33 Å². The summed E-state index contributed by atoms with van der Waals surface area (Å²) in [7, 11) is -3.29. The normalized spacial score (nSPS) is 18.5. The molecule has 0 spiro atoms. The lowest BCUT2D eigenvalue weighted by atomic mass is 9.91. The van der Waals surface area contributed by atoms with Crippen LogP contribution in [0.1, 0.15) is 32.1 Å². The predicted molar refractivity (Wildman–Crippen MR) is 60.4 cm³/mol. The third-order valence-corrected chi connectivity index (χ3v) is 4.26. The van der Waals surface area contributed by atoms with Gasteiger partial charge >= 0.3 is 0 Å². The van der Waals surface area contributed by atoms with Crippen LogP contribution in [0.3, 0.4) is 0 Å². The lowest BCUT2D eigenvalue weighted by Crippen LogP contribution is -2.24. The van der Waals surface area contributed by atoms with Crippen LogP contribution in [0.4, 0.5) is 5.95 Å². The van der Waals surface area contributed by atoms with Crippen molar-refractivity contribution in [2.45, 2.75) is 32.1 Å². The van der Waals surface area contributed by atoms with Gasteiger partial charge in [0.05, 0.1) is 5.75 Å². The highest BCUT2D eigenvalue weighted by atomic mass is 32.2. The Morgan fingerprint density at radius 1 is 1.38 bits per heavy atom. The second-order valence-corrected chi connectivity index (χ2v) is 5.99. The van der Waals surface area contributed by atoms with Crippen molar-refractivity contribution in [2.75, 3.05) is 10.5 Å². The quantitative estimate of drug-likeness (QED) is 0.831. The van der Waals surface area contributed by atoms with Gasteiger partial charge < -0.3 is 0 Å². The van der Waals surface area contributed by atoms with Crippen LogP contribution in [0, 0.1) is 5.92 Å². The summed E-state index contributed by atoms with van der Waals surface area (Å²) in [6, 6.07) is 0. The van der Waals surface area contributed by atoms with Gasteiger partial charge in [-0.2, -0.15) is 10.1 Å². The largest absolute Gasteiger partial charge is 0.252 e. The maximum atomic E-state index is 11.8. The van der Waals surface area contributed by atoms with E-state index in [0.29, 0.717) is 0 Å². The molecule has 1 aliphatic rings. The van der Waals surface area contributed by atoms with Gasteiger partial charge in [0.15, 0.2) is 0 Å². The summed E-state index contributed by atoms with van der Waals surface area (Å²) in [6.07, 6.45) is 6.81. The maximum Gasteiger partial charge on any atom is 0.235 e. The van der Waals surface area contributed by atoms with Crippen LogP contribution in [0.5, 0.6) is 0 Å². The number of rotatable bonds is 4. The Hall–Kier alpha value is -1.11. The first-order valence-electron chi connectivity index (χ1n) is 5.51. The summed E-state index contributed by atoms with van der Waals surface area (Å²) in [4.78, 5) is 3.74. The van der Waals surface area contributed by atoms with Crippen molar-refractivity contribution in [3.05, 3.63) is 6.33 Å². The number of aromatic nitrogens is 3. The van der Waals surface area contributed by atoms with E-state index >= 15 is 0 Å². The van der Waals surface area contributed by atoms with Crippen molar-refractivity contribution in [3.63, 3.8) is 0 Å². The van der Waals surface area contributed by atoms with E-state index < -0.39 is 10.0 Å². The molecular weight excluding hydrogens is 228 g/mol. The molecule has 1 saturated carbocycles. The van der Waals surface area contributed by atoms with Crippen molar-refractivity contribution in [1.82, 2.24) is 15.2 Å². The van der Waals surface area contributed by atoms with E-state index in [0.717, 1.165) is 25.7 Å². The monoisotopic (exact) mass is 244 g/mol. The van der Waals surface area contributed by atoms with E-state index in [2.05, 4.69) is 19.9 Å². The zero-order valence-electron chi connectivity index (χ0n) is 9.02. The molecule has 0 amide bonds. The van der Waals surface area contributed by atoms with Crippen LogP contribution in [0.15, 0.2) is 6.33 Å². The Balaban J connectivity index is 1.92. The van der Waals surface area contributed by atoms with Crippen molar-refractivity contribution in [3.8, 4) is 0 Å². The molecule has 1 fully saturated rings. The number of hydrogen-bond acceptors (Lipinski definition) is 4. The molecule has 0 aliphatic heterocycles. The number of aromatic amines is 1. The molecule has 0 unspecified atom stereocenters. The fourth-order valence-corrected chi connectivity index (χ4v) is 3.54. The van der Waals surface area contributed by atoms with Crippen LogP contribution in [0.2, 0.25) is 0 Å². The Bertz CT molecular complexity index is 409. The third-order valence-electron chi connectivity index (χ3n) is 2.85. The highest BCUT2D eigenvalue weighted by Crippen LogP contribution is 2.25. The van der Waals surface area contributed by atoms with Gasteiger partial charge in [-0.3, -0.25) is 4.72 Å². The first-order chi connectivity index (χ1) is 7.66. The average Bonchev–Trinajstić information content (AvgIpc) is 2.70. The van der Waals surface area contributed by atoms with Gasteiger partial charge in [0.2, 0.25) is 16.0 Å². The van der Waals surface area contributed by atoms with Crippen molar-refractivity contribution >= 4 is 16.0 Å². The summed E-state index contributed by atoms with van der Waals surface area (Å²) >= 11 is 0. The van der Waals surface area contributed by atoms with E-state index in [1.165, 1.54) is 12.7 Å². The van der Waals surface area contributed by atoms with Gasteiger partial charge in [0.25, 0.3) is 0 Å². The number of nitrogens with zero attached hydrogens (tertiary/aromatic N) is 2. The molecule has 7 heteroatoms. The molecular formula is C9H16N4O2S. The summed E-state index contributed by atoms with van der Waals surface area (Å²) in [5.41, 5.74) is 0. The summed E-state index contributed by atoms with van der Waals surface area (Å²) in [5.74, 6) is 0.665. The molecule has 1 heterocycles. The van der Waals surface area contributed by atoms with Gasteiger partial charge in [0, 0.05) is 0 Å². The number of hydrogen-bond donors (Lipinski definition) is 2. The molecule has 6 nitrogen and oxygen atoms in total. The standard InChI is InChI=1S/C9H16N4O2S/c14-16(15,13-9-10-7-11-12-9)6-8-4-2-1-3-5-8/h7-8H,1-6H2,(H2,10,11,12,13). The maximum absolute atomic E-state index is 11.8. The summed E-state index contributed by atoms with van der Waals surface area (Å²) in [6.45, 7) is 0. The van der Waals surface area contributed by atoms with Crippen molar-refractivity contribution < 1.29 is 8.42 Å². The summed E-state index contributed by atoms with van der Waals surface area (Å²) < 4.78 is 25.9. The minimum atomic E-state index is -3.29. The highest BCUT2D eigenvalue weighted by Gasteiger charge is 2.21. The minimum Gasteiger partial charge on any atom is -0.252 e. The van der Waals surface area contributed by atoms with Crippen LogP contribution in [-0.4, -0.2) is 29.4 Å². The highest BCUT2D eigenvalue weighted by molar-refractivity contribution is 7.92. The van der Waals surface area contributed by atoms with Gasteiger partial charge in [-0.15, -0.1) is 0 Å². The Morgan fingerprint density at radius 2 is 2.12 bits per heavy atom. The predicted octanol–water partition coefficient (Wildman–Crippen LogP) is 1.13. The molecule has 2 rings (SSSR count). The molecule has 0 aromatic carbocycles. The van der Waals surface area contributed by atoms with Crippen molar-refractivity contribution in [2.24, 2.45) is 5.92 Å². The third kappa shape index (κ3) is 3.19. The fourth-order valence-electron chi connectivity index (χ4n) is 2.11. The number of H-pyrrole nitrogens is 1. The average molecular weight is 244 g/mol. The zero-order valence-corrected chi connectivity index (χ0v) is 9.83. The van der Waals surface area contributed by atoms with Crippen LogP contribution in [-0.2, 0) is 10.0 Å². The van der Waals surface area contributed by atoms with Crippen LogP contribution in [0.25, 0.3) is 0 Å². The molecule has 1 aromatic heterocycles. The lowest BCUT2D eigenvalue weighted by Gasteiger charge is -2.21.